The summed E-state index contributed by atoms with van der Waals surface area (Å²) in [6.07, 6.45) is 0.511. The van der Waals surface area contributed by atoms with Gasteiger partial charge >= 0.3 is 5.97 Å². The van der Waals surface area contributed by atoms with Crippen molar-refractivity contribution in [2.75, 3.05) is 5.73 Å². The first-order valence-electron chi connectivity index (χ1n) is 4.87. The van der Waals surface area contributed by atoms with Gasteiger partial charge < -0.3 is 15.6 Å². The van der Waals surface area contributed by atoms with Crippen LogP contribution in [0.15, 0.2) is 12.1 Å². The van der Waals surface area contributed by atoms with Gasteiger partial charge in [-0.15, -0.1) is 0 Å². The topological polar surface area (TPSA) is 72.5 Å². The number of nitrogen functional groups attached to an aromatic ring is 1. The lowest BCUT2D eigenvalue weighted by Crippen LogP contribution is -2.31. The number of fused-ring (bicyclic) bond motifs is 1. The Hall–Kier alpha value is -1.71. The highest BCUT2D eigenvalue weighted by Gasteiger charge is 2.26. The predicted molar refractivity (Wildman–Crippen MR) is 56.0 cm³/mol. The van der Waals surface area contributed by atoms with Gasteiger partial charge in [-0.05, 0) is 31.4 Å². The highest BCUT2D eigenvalue weighted by Crippen LogP contribution is 2.33. The van der Waals surface area contributed by atoms with E-state index in [1.807, 2.05) is 19.1 Å². The summed E-state index contributed by atoms with van der Waals surface area (Å²) in [5.41, 5.74) is 8.25. The van der Waals surface area contributed by atoms with Crippen LogP contribution in [0.2, 0.25) is 0 Å². The van der Waals surface area contributed by atoms with E-state index in [1.54, 1.807) is 0 Å². The molecule has 2 rings (SSSR count). The third-order valence-electron chi connectivity index (χ3n) is 2.74. The lowest BCUT2D eigenvalue weighted by molar-refractivity contribution is -0.145. The van der Waals surface area contributed by atoms with E-state index in [-0.39, 0.29) is 0 Å². The SMILES string of the molecule is Cc1c(N)ccc2c1OC(C(=O)O)CC2. The minimum atomic E-state index is -0.914. The summed E-state index contributed by atoms with van der Waals surface area (Å²) >= 11 is 0. The Kier molecular flexibility index (Phi) is 2.26. The third-order valence-corrected chi connectivity index (χ3v) is 2.74. The Labute approximate surface area is 87.7 Å². The van der Waals surface area contributed by atoms with Gasteiger partial charge in [0.15, 0.2) is 6.10 Å². The van der Waals surface area contributed by atoms with Crippen LogP contribution in [0.1, 0.15) is 17.5 Å². The van der Waals surface area contributed by atoms with Crippen LogP contribution in [-0.2, 0) is 11.2 Å². The van der Waals surface area contributed by atoms with Crippen molar-refractivity contribution >= 4 is 11.7 Å². The van der Waals surface area contributed by atoms with E-state index in [0.717, 1.165) is 17.5 Å². The van der Waals surface area contributed by atoms with Crippen LogP contribution >= 0.6 is 0 Å². The van der Waals surface area contributed by atoms with Crippen LogP contribution in [0.3, 0.4) is 0 Å². The number of carboxylic acid groups (broad SMARTS) is 1. The molecule has 1 aromatic carbocycles. The molecule has 1 unspecified atom stereocenters. The summed E-state index contributed by atoms with van der Waals surface area (Å²) in [6, 6.07) is 3.73. The summed E-state index contributed by atoms with van der Waals surface area (Å²) in [5.74, 6) is -0.267. The normalized spacial score (nSPS) is 19.1. The molecule has 0 saturated carbocycles. The minimum Gasteiger partial charge on any atom is -0.479 e. The standard InChI is InChI=1S/C11H13NO3/c1-6-8(12)4-2-7-3-5-9(11(13)14)15-10(6)7/h2,4,9H,3,5,12H2,1H3,(H,13,14). The number of aryl methyl sites for hydroxylation is 1. The average molecular weight is 207 g/mol. The molecule has 1 aliphatic rings. The smallest absolute Gasteiger partial charge is 0.344 e. The second-order valence-electron chi connectivity index (χ2n) is 3.75. The van der Waals surface area contributed by atoms with Crippen molar-refractivity contribution in [3.8, 4) is 5.75 Å². The van der Waals surface area contributed by atoms with E-state index < -0.39 is 12.1 Å². The molecule has 0 radical (unpaired) electrons. The van der Waals surface area contributed by atoms with Crippen molar-refractivity contribution in [1.82, 2.24) is 0 Å². The van der Waals surface area contributed by atoms with E-state index in [4.69, 9.17) is 15.6 Å². The molecule has 0 bridgehead atoms. The number of carboxylic acids is 1. The van der Waals surface area contributed by atoms with Crippen LogP contribution in [-0.4, -0.2) is 17.2 Å². The van der Waals surface area contributed by atoms with Gasteiger partial charge in [0.25, 0.3) is 0 Å². The average Bonchev–Trinajstić information content (AvgIpc) is 2.23. The molecule has 0 aromatic heterocycles. The molecule has 0 spiro atoms. The van der Waals surface area contributed by atoms with Gasteiger partial charge in [-0.2, -0.15) is 0 Å². The van der Waals surface area contributed by atoms with Crippen molar-refractivity contribution in [2.45, 2.75) is 25.9 Å². The van der Waals surface area contributed by atoms with Crippen LogP contribution in [0, 0.1) is 6.92 Å². The van der Waals surface area contributed by atoms with Crippen LogP contribution < -0.4 is 10.5 Å². The van der Waals surface area contributed by atoms with Crippen LogP contribution in [0.25, 0.3) is 0 Å². The number of nitrogens with two attached hydrogens (primary N) is 1. The first-order chi connectivity index (χ1) is 7.09. The molecule has 1 aromatic rings. The van der Waals surface area contributed by atoms with Crippen LogP contribution in [0.4, 0.5) is 5.69 Å². The summed E-state index contributed by atoms with van der Waals surface area (Å²) in [7, 11) is 0. The van der Waals surface area contributed by atoms with Crippen molar-refractivity contribution in [3.05, 3.63) is 23.3 Å². The van der Waals surface area contributed by atoms with Gasteiger partial charge in [0.1, 0.15) is 5.75 Å². The number of rotatable bonds is 1. The lowest BCUT2D eigenvalue weighted by atomic mass is 9.99. The van der Waals surface area contributed by atoms with E-state index in [9.17, 15) is 4.79 Å². The zero-order chi connectivity index (χ0) is 11.0. The summed E-state index contributed by atoms with van der Waals surface area (Å²) < 4.78 is 5.43. The minimum absolute atomic E-state index is 0.520. The van der Waals surface area contributed by atoms with Gasteiger partial charge in [-0.3, -0.25) is 0 Å². The lowest BCUT2D eigenvalue weighted by Gasteiger charge is -2.25. The Morgan fingerprint density at radius 1 is 1.60 bits per heavy atom. The molecule has 0 saturated heterocycles. The van der Waals surface area contributed by atoms with E-state index in [2.05, 4.69) is 0 Å². The zero-order valence-electron chi connectivity index (χ0n) is 8.49. The van der Waals surface area contributed by atoms with E-state index >= 15 is 0 Å². The van der Waals surface area contributed by atoms with E-state index in [1.165, 1.54) is 0 Å². The first-order valence-corrected chi connectivity index (χ1v) is 4.87. The van der Waals surface area contributed by atoms with Crippen molar-refractivity contribution in [2.24, 2.45) is 0 Å². The third kappa shape index (κ3) is 1.63. The number of benzene rings is 1. The number of anilines is 1. The fraction of sp³-hybridized carbons (Fsp3) is 0.364. The highest BCUT2D eigenvalue weighted by molar-refractivity contribution is 5.74. The molecule has 0 aliphatic carbocycles. The number of ether oxygens (including phenoxy) is 1. The van der Waals surface area contributed by atoms with Gasteiger partial charge in [0.2, 0.25) is 0 Å². The van der Waals surface area contributed by atoms with Gasteiger partial charge in [0, 0.05) is 11.3 Å². The first kappa shape index (κ1) is 9.83. The summed E-state index contributed by atoms with van der Waals surface area (Å²) in [6.45, 7) is 1.85. The fourth-order valence-electron chi connectivity index (χ4n) is 1.79. The number of hydrogen-bond acceptors (Lipinski definition) is 3. The molecule has 1 atom stereocenters. The maximum absolute atomic E-state index is 10.8. The molecule has 0 fully saturated rings. The number of aliphatic carboxylic acids is 1. The maximum atomic E-state index is 10.8. The predicted octanol–water partition coefficient (Wildman–Crippen LogP) is 1.36. The Bertz CT molecular complexity index is 415. The molecule has 15 heavy (non-hydrogen) atoms. The molecule has 0 amide bonds. The van der Waals surface area contributed by atoms with Gasteiger partial charge in [0.05, 0.1) is 0 Å². The quantitative estimate of drug-likeness (QED) is 0.682. The molecular weight excluding hydrogens is 194 g/mol. The molecule has 80 valence electrons. The second kappa shape index (κ2) is 3.46. The summed E-state index contributed by atoms with van der Waals surface area (Å²) in [4.78, 5) is 10.8. The molecule has 4 nitrogen and oxygen atoms in total. The number of hydrogen-bond donors (Lipinski definition) is 2. The van der Waals surface area contributed by atoms with Crippen molar-refractivity contribution in [3.63, 3.8) is 0 Å². The Morgan fingerprint density at radius 2 is 2.33 bits per heavy atom. The molecule has 1 heterocycles. The molecule has 3 N–H and O–H groups in total. The van der Waals surface area contributed by atoms with Gasteiger partial charge in [-0.1, -0.05) is 6.07 Å². The van der Waals surface area contributed by atoms with Crippen LogP contribution in [0.5, 0.6) is 5.75 Å². The van der Waals surface area contributed by atoms with Gasteiger partial charge in [-0.25, -0.2) is 4.79 Å². The number of carbonyl (C=O) groups is 1. The molecular formula is C11H13NO3. The summed E-state index contributed by atoms with van der Waals surface area (Å²) in [5, 5.41) is 8.87. The fourth-order valence-corrected chi connectivity index (χ4v) is 1.79. The van der Waals surface area contributed by atoms with Crippen molar-refractivity contribution < 1.29 is 14.6 Å². The Balaban J connectivity index is 2.39. The highest BCUT2D eigenvalue weighted by atomic mass is 16.5. The molecule has 4 heteroatoms. The zero-order valence-corrected chi connectivity index (χ0v) is 8.49. The van der Waals surface area contributed by atoms with Crippen molar-refractivity contribution in [1.29, 1.82) is 0 Å². The Morgan fingerprint density at radius 3 is 3.00 bits per heavy atom. The maximum Gasteiger partial charge on any atom is 0.344 e. The second-order valence-corrected chi connectivity index (χ2v) is 3.75. The van der Waals surface area contributed by atoms with E-state index in [0.29, 0.717) is 17.9 Å². The molecule has 1 aliphatic heterocycles. The largest absolute Gasteiger partial charge is 0.479 e. The monoisotopic (exact) mass is 207 g/mol.